The molecule has 1 saturated carbocycles. The van der Waals surface area contributed by atoms with Crippen LogP contribution in [0.1, 0.15) is 65.3 Å². The van der Waals surface area contributed by atoms with Crippen LogP contribution in [0, 0.1) is 5.82 Å². The monoisotopic (exact) mass is 430 g/mol. The smallest absolute Gasteiger partial charge is 0.328 e. The molecular formula is C24H31FN2O4. The number of carboxylic acids is 1. The average Bonchev–Trinajstić information content (AvgIpc) is 2.74. The molecule has 1 unspecified atom stereocenters. The van der Waals surface area contributed by atoms with Crippen molar-refractivity contribution in [2.75, 3.05) is 5.32 Å². The minimum Gasteiger partial charge on any atom is -0.481 e. The van der Waals surface area contributed by atoms with Gasteiger partial charge in [0.15, 0.2) is 5.75 Å². The van der Waals surface area contributed by atoms with Crippen molar-refractivity contribution in [1.82, 2.24) is 4.57 Å². The Kier molecular flexibility index (Phi) is 7.36. The van der Waals surface area contributed by atoms with E-state index >= 15 is 0 Å². The molecule has 1 heterocycles. The standard InChI is InChI=1S/C24H31FN2O4/c1-4-17(10-11-23(28)29)31-22-14-27(15(2)3)21-13-20(19(25)12-18(21)24(22)30)26-16-8-6-5-7-9-16/h10-17,26H,4-9H2,1-3H3,(H,28,29)/b11-10+. The molecule has 1 aliphatic carbocycles. The molecule has 2 aromatic rings. The van der Waals surface area contributed by atoms with Crippen molar-refractivity contribution in [2.24, 2.45) is 0 Å². The molecule has 2 N–H and O–H groups in total. The average molecular weight is 431 g/mol. The molecule has 168 valence electrons. The van der Waals surface area contributed by atoms with Crippen molar-refractivity contribution in [2.45, 2.75) is 77.5 Å². The summed E-state index contributed by atoms with van der Waals surface area (Å²) >= 11 is 0. The minimum atomic E-state index is -1.08. The Hall–Kier alpha value is -2.83. The quantitative estimate of drug-likeness (QED) is 0.558. The van der Waals surface area contributed by atoms with Gasteiger partial charge in [-0.05, 0) is 51.3 Å². The lowest BCUT2D eigenvalue weighted by Gasteiger charge is -2.25. The van der Waals surface area contributed by atoms with Gasteiger partial charge in [-0.25, -0.2) is 9.18 Å². The highest BCUT2D eigenvalue weighted by molar-refractivity contribution is 5.84. The third-order valence-corrected chi connectivity index (χ3v) is 5.74. The lowest BCUT2D eigenvalue weighted by Crippen LogP contribution is -2.23. The number of rotatable bonds is 8. The molecule has 0 spiro atoms. The lowest BCUT2D eigenvalue weighted by atomic mass is 9.95. The maximum atomic E-state index is 14.9. The summed E-state index contributed by atoms with van der Waals surface area (Å²) in [7, 11) is 0. The largest absolute Gasteiger partial charge is 0.481 e. The first-order chi connectivity index (χ1) is 14.8. The number of fused-ring (bicyclic) bond motifs is 1. The van der Waals surface area contributed by atoms with Crippen LogP contribution in [0.3, 0.4) is 0 Å². The Morgan fingerprint density at radius 3 is 2.65 bits per heavy atom. The Morgan fingerprint density at radius 2 is 2.03 bits per heavy atom. The number of carboxylic acid groups (broad SMARTS) is 1. The van der Waals surface area contributed by atoms with Gasteiger partial charge in [-0.3, -0.25) is 4.79 Å². The van der Waals surface area contributed by atoms with Gasteiger partial charge >= 0.3 is 5.97 Å². The molecule has 0 bridgehead atoms. The molecule has 1 aromatic heterocycles. The van der Waals surface area contributed by atoms with Crippen molar-refractivity contribution in [3.63, 3.8) is 0 Å². The van der Waals surface area contributed by atoms with Crippen LogP contribution in [0.15, 0.2) is 35.3 Å². The Labute approximate surface area is 181 Å². The van der Waals surface area contributed by atoms with Crippen LogP contribution >= 0.6 is 0 Å². The molecule has 1 aromatic carbocycles. The van der Waals surface area contributed by atoms with Gasteiger partial charge in [0.2, 0.25) is 5.43 Å². The van der Waals surface area contributed by atoms with E-state index in [0.29, 0.717) is 17.6 Å². The van der Waals surface area contributed by atoms with Crippen LogP contribution in [0.2, 0.25) is 0 Å². The van der Waals surface area contributed by atoms with E-state index in [9.17, 15) is 14.0 Å². The van der Waals surface area contributed by atoms with E-state index < -0.39 is 23.3 Å². The summed E-state index contributed by atoms with van der Waals surface area (Å²) in [4.78, 5) is 23.9. The fourth-order valence-electron chi connectivity index (χ4n) is 4.04. The first-order valence-electron chi connectivity index (χ1n) is 11.0. The van der Waals surface area contributed by atoms with Gasteiger partial charge in [-0.15, -0.1) is 0 Å². The number of carbonyl (C=O) groups is 1. The molecule has 0 saturated heterocycles. The molecule has 0 radical (unpaired) electrons. The maximum Gasteiger partial charge on any atom is 0.328 e. The van der Waals surface area contributed by atoms with Gasteiger partial charge in [-0.2, -0.15) is 0 Å². The summed E-state index contributed by atoms with van der Waals surface area (Å²) in [5.41, 5.74) is 0.649. The van der Waals surface area contributed by atoms with E-state index in [1.54, 1.807) is 12.3 Å². The zero-order valence-electron chi connectivity index (χ0n) is 18.4. The molecule has 6 nitrogen and oxygen atoms in total. The minimum absolute atomic E-state index is 0.00748. The highest BCUT2D eigenvalue weighted by Crippen LogP contribution is 2.29. The van der Waals surface area contributed by atoms with Crippen LogP contribution in [-0.4, -0.2) is 27.8 Å². The van der Waals surface area contributed by atoms with Crippen LogP contribution < -0.4 is 15.5 Å². The van der Waals surface area contributed by atoms with Gasteiger partial charge < -0.3 is 19.7 Å². The second kappa shape index (κ2) is 9.98. The number of pyridine rings is 1. The summed E-state index contributed by atoms with van der Waals surface area (Å²) in [6.45, 7) is 5.79. The predicted octanol–water partition coefficient (Wildman–Crippen LogP) is 5.26. The van der Waals surface area contributed by atoms with E-state index in [-0.39, 0.29) is 23.2 Å². The molecular weight excluding hydrogens is 399 g/mol. The van der Waals surface area contributed by atoms with Crippen molar-refractivity contribution in [1.29, 1.82) is 0 Å². The van der Waals surface area contributed by atoms with Gasteiger partial charge in [0.05, 0.1) is 22.8 Å². The van der Waals surface area contributed by atoms with E-state index in [1.165, 1.54) is 18.6 Å². The Bertz CT molecular complexity index is 1020. The zero-order valence-corrected chi connectivity index (χ0v) is 18.4. The maximum absolute atomic E-state index is 14.9. The number of anilines is 1. The second-order valence-corrected chi connectivity index (χ2v) is 8.41. The molecule has 0 aliphatic heterocycles. The number of halogens is 1. The van der Waals surface area contributed by atoms with E-state index in [0.717, 1.165) is 31.8 Å². The predicted molar refractivity (Wildman–Crippen MR) is 121 cm³/mol. The fraction of sp³-hybridized carbons (Fsp3) is 0.500. The third kappa shape index (κ3) is 5.46. The van der Waals surface area contributed by atoms with E-state index in [4.69, 9.17) is 9.84 Å². The molecule has 1 atom stereocenters. The third-order valence-electron chi connectivity index (χ3n) is 5.74. The SMILES string of the molecule is CCC(/C=C/C(=O)O)Oc1cn(C(C)C)c2cc(NC3CCCCC3)c(F)cc2c1=O. The highest BCUT2D eigenvalue weighted by atomic mass is 19.1. The normalized spacial score (nSPS) is 16.2. The number of hydrogen-bond donors (Lipinski definition) is 2. The number of ether oxygens (including phenoxy) is 1. The van der Waals surface area contributed by atoms with Crippen LogP contribution in [-0.2, 0) is 4.79 Å². The number of hydrogen-bond acceptors (Lipinski definition) is 4. The highest BCUT2D eigenvalue weighted by Gasteiger charge is 2.19. The fourth-order valence-corrected chi connectivity index (χ4v) is 4.04. The molecule has 0 amide bonds. The Morgan fingerprint density at radius 1 is 1.32 bits per heavy atom. The second-order valence-electron chi connectivity index (χ2n) is 8.41. The van der Waals surface area contributed by atoms with Gasteiger partial charge in [0, 0.05) is 18.2 Å². The summed E-state index contributed by atoms with van der Waals surface area (Å²) in [5, 5.41) is 12.4. The van der Waals surface area contributed by atoms with Gasteiger partial charge in [0.1, 0.15) is 11.9 Å². The van der Waals surface area contributed by atoms with Gasteiger partial charge in [-0.1, -0.05) is 26.2 Å². The van der Waals surface area contributed by atoms with Crippen molar-refractivity contribution in [3.8, 4) is 5.75 Å². The number of aliphatic carboxylic acids is 1. The van der Waals surface area contributed by atoms with Crippen LogP contribution in [0.5, 0.6) is 5.75 Å². The number of nitrogens with one attached hydrogen (secondary N) is 1. The molecule has 31 heavy (non-hydrogen) atoms. The topological polar surface area (TPSA) is 80.6 Å². The van der Waals surface area contributed by atoms with E-state index in [2.05, 4.69) is 5.32 Å². The summed E-state index contributed by atoms with van der Waals surface area (Å²) < 4.78 is 22.6. The molecule has 1 fully saturated rings. The molecule has 3 rings (SSSR count). The van der Waals surface area contributed by atoms with Gasteiger partial charge in [0.25, 0.3) is 0 Å². The van der Waals surface area contributed by atoms with Crippen molar-refractivity contribution < 1.29 is 19.0 Å². The summed E-state index contributed by atoms with van der Waals surface area (Å²) in [5.74, 6) is -1.46. The van der Waals surface area contributed by atoms with Crippen molar-refractivity contribution in [3.05, 3.63) is 46.5 Å². The summed E-state index contributed by atoms with van der Waals surface area (Å²) in [6, 6.07) is 3.25. The first-order valence-corrected chi connectivity index (χ1v) is 11.0. The number of benzene rings is 1. The number of nitrogens with zero attached hydrogens (tertiary/aromatic N) is 1. The Balaban J connectivity index is 2.03. The summed E-state index contributed by atoms with van der Waals surface area (Å²) in [6.07, 6.45) is 9.48. The molecule has 7 heteroatoms. The lowest BCUT2D eigenvalue weighted by molar-refractivity contribution is -0.131. The van der Waals surface area contributed by atoms with Crippen molar-refractivity contribution >= 4 is 22.6 Å². The zero-order chi connectivity index (χ0) is 22.5. The van der Waals surface area contributed by atoms with Crippen LogP contribution in [0.25, 0.3) is 10.9 Å². The van der Waals surface area contributed by atoms with Crippen LogP contribution in [0.4, 0.5) is 10.1 Å². The molecule has 1 aliphatic rings. The first kappa shape index (κ1) is 22.8. The number of aromatic nitrogens is 1. The van der Waals surface area contributed by atoms with E-state index in [1.807, 2.05) is 25.3 Å².